The van der Waals surface area contributed by atoms with Crippen LogP contribution in [0.15, 0.2) is 60.7 Å². The molecule has 246 valence electrons. The van der Waals surface area contributed by atoms with Crippen molar-refractivity contribution in [3.63, 3.8) is 0 Å². The second-order valence-electron chi connectivity index (χ2n) is 12.2. The van der Waals surface area contributed by atoms with E-state index in [1.54, 1.807) is 24.3 Å². The lowest BCUT2D eigenvalue weighted by molar-refractivity contribution is 0.232. The Kier molecular flexibility index (Phi) is 13.2. The van der Waals surface area contributed by atoms with Gasteiger partial charge in [0.2, 0.25) is 0 Å². The number of benzene rings is 3. The van der Waals surface area contributed by atoms with Crippen LogP contribution < -0.4 is 9.47 Å². The average molecular weight is 626 g/mol. The smallest absolute Gasteiger partial charge is 0.167 e. The van der Waals surface area contributed by atoms with Crippen LogP contribution in [0.2, 0.25) is 0 Å². The molecule has 4 rings (SSSR count). The monoisotopic (exact) mass is 625 g/mol. The van der Waals surface area contributed by atoms with Crippen molar-refractivity contribution >= 4 is 0 Å². The summed E-state index contributed by atoms with van der Waals surface area (Å²) in [5.41, 5.74) is 2.94. The molecule has 0 fully saturated rings. The van der Waals surface area contributed by atoms with E-state index >= 15 is 0 Å². The summed E-state index contributed by atoms with van der Waals surface area (Å²) in [7, 11) is 0. The molecular formula is C39H51N3O4. The fourth-order valence-corrected chi connectivity index (χ4v) is 5.44. The molecular weight excluding hydrogens is 574 g/mol. The van der Waals surface area contributed by atoms with Gasteiger partial charge in [0.05, 0.1) is 24.3 Å². The standard InChI is InChI=1S/C39H51N3O4/c1-6-11-13-28(9-4)25-45-31-19-21-33(35(43)23-31)38-40-37(30-17-15-27(8-3)16-18-30)41-39(42-38)34-22-20-32(24-36(34)44)46-26-29(10-5)14-12-7-2/h15-24,28-29,43-44H,6-14,25-26H2,1-5H3. The van der Waals surface area contributed by atoms with Crippen molar-refractivity contribution in [2.24, 2.45) is 11.8 Å². The van der Waals surface area contributed by atoms with Crippen LogP contribution in [0.25, 0.3) is 34.2 Å². The zero-order valence-electron chi connectivity index (χ0n) is 28.3. The summed E-state index contributed by atoms with van der Waals surface area (Å²) in [6.07, 6.45) is 9.98. The van der Waals surface area contributed by atoms with Gasteiger partial charge in [0, 0.05) is 17.7 Å². The van der Waals surface area contributed by atoms with E-state index in [4.69, 9.17) is 24.4 Å². The Hall–Kier alpha value is -4.13. The Balaban J connectivity index is 1.65. The van der Waals surface area contributed by atoms with Crippen molar-refractivity contribution in [2.75, 3.05) is 13.2 Å². The minimum Gasteiger partial charge on any atom is -0.507 e. The molecule has 7 nitrogen and oxygen atoms in total. The molecule has 3 aromatic carbocycles. The molecule has 2 N–H and O–H groups in total. The minimum atomic E-state index is 0.0186. The highest BCUT2D eigenvalue weighted by Crippen LogP contribution is 2.36. The molecule has 1 heterocycles. The van der Waals surface area contributed by atoms with E-state index in [0.29, 0.717) is 65.1 Å². The number of hydrogen-bond acceptors (Lipinski definition) is 7. The SMILES string of the molecule is CCCCC(CC)COc1ccc(-c2nc(-c3ccc(CC)cc3)nc(-c3ccc(OCC(CC)CCCC)cc3O)n2)c(O)c1. The maximum absolute atomic E-state index is 11.1. The van der Waals surface area contributed by atoms with Gasteiger partial charge >= 0.3 is 0 Å². The van der Waals surface area contributed by atoms with E-state index in [0.717, 1.165) is 37.7 Å². The van der Waals surface area contributed by atoms with E-state index in [-0.39, 0.29) is 11.5 Å². The van der Waals surface area contributed by atoms with Gasteiger partial charge in [-0.25, -0.2) is 15.0 Å². The first-order valence-electron chi connectivity index (χ1n) is 17.2. The van der Waals surface area contributed by atoms with E-state index < -0.39 is 0 Å². The Morgan fingerprint density at radius 3 is 1.43 bits per heavy atom. The molecule has 1 aromatic heterocycles. The average Bonchev–Trinajstić information content (AvgIpc) is 3.08. The van der Waals surface area contributed by atoms with E-state index in [2.05, 4.69) is 46.8 Å². The first kappa shape index (κ1) is 34.7. The minimum absolute atomic E-state index is 0.0186. The van der Waals surface area contributed by atoms with E-state index in [9.17, 15) is 10.2 Å². The van der Waals surface area contributed by atoms with Crippen molar-refractivity contribution < 1.29 is 19.7 Å². The molecule has 0 aliphatic heterocycles. The fourth-order valence-electron chi connectivity index (χ4n) is 5.44. The summed E-state index contributed by atoms with van der Waals surface area (Å²) in [6.45, 7) is 12.1. The molecule has 0 bridgehead atoms. The zero-order chi connectivity index (χ0) is 32.9. The number of aromatic nitrogens is 3. The quantitative estimate of drug-likeness (QED) is 0.114. The van der Waals surface area contributed by atoms with E-state index in [1.807, 2.05) is 24.3 Å². The van der Waals surface area contributed by atoms with Gasteiger partial charge in [-0.05, 0) is 60.9 Å². The molecule has 7 heteroatoms. The first-order valence-corrected chi connectivity index (χ1v) is 17.2. The number of nitrogens with zero attached hydrogens (tertiary/aromatic N) is 3. The highest BCUT2D eigenvalue weighted by atomic mass is 16.5. The normalized spacial score (nSPS) is 12.5. The Morgan fingerprint density at radius 2 is 1.04 bits per heavy atom. The van der Waals surface area contributed by atoms with E-state index in [1.165, 1.54) is 31.2 Å². The molecule has 2 atom stereocenters. The van der Waals surface area contributed by atoms with Crippen LogP contribution >= 0.6 is 0 Å². The highest BCUT2D eigenvalue weighted by Gasteiger charge is 2.18. The Bertz CT molecular complexity index is 1430. The molecule has 0 amide bonds. The third kappa shape index (κ3) is 9.44. The van der Waals surface area contributed by atoms with Crippen molar-refractivity contribution in [3.05, 3.63) is 66.2 Å². The number of rotatable bonds is 18. The predicted molar refractivity (Wildman–Crippen MR) is 186 cm³/mol. The molecule has 0 saturated carbocycles. The number of unbranched alkanes of at least 4 members (excludes halogenated alkanes) is 2. The second-order valence-corrected chi connectivity index (χ2v) is 12.2. The lowest BCUT2D eigenvalue weighted by Crippen LogP contribution is -2.11. The maximum Gasteiger partial charge on any atom is 0.167 e. The predicted octanol–water partition coefficient (Wildman–Crippen LogP) is 10.0. The van der Waals surface area contributed by atoms with Crippen LogP contribution in [0.5, 0.6) is 23.0 Å². The van der Waals surface area contributed by atoms with Gasteiger partial charge in [-0.2, -0.15) is 0 Å². The number of aromatic hydroxyl groups is 2. The molecule has 46 heavy (non-hydrogen) atoms. The van der Waals surface area contributed by atoms with Crippen LogP contribution in [0.3, 0.4) is 0 Å². The summed E-state index contributed by atoms with van der Waals surface area (Å²) >= 11 is 0. The third-order valence-corrected chi connectivity index (χ3v) is 8.73. The van der Waals surface area contributed by atoms with Crippen LogP contribution in [0.4, 0.5) is 0 Å². The van der Waals surface area contributed by atoms with Gasteiger partial charge in [-0.3, -0.25) is 0 Å². The Morgan fingerprint density at radius 1 is 0.587 bits per heavy atom. The summed E-state index contributed by atoms with van der Waals surface area (Å²) in [6, 6.07) is 18.6. The largest absolute Gasteiger partial charge is 0.507 e. The van der Waals surface area contributed by atoms with Crippen LogP contribution in [-0.4, -0.2) is 38.4 Å². The van der Waals surface area contributed by atoms with Crippen LogP contribution in [0, 0.1) is 11.8 Å². The summed E-state index contributed by atoms with van der Waals surface area (Å²) in [5, 5.41) is 22.2. The van der Waals surface area contributed by atoms with Crippen molar-refractivity contribution in [3.8, 4) is 57.2 Å². The maximum atomic E-state index is 11.1. The summed E-state index contributed by atoms with van der Waals surface area (Å²) in [5.74, 6) is 3.27. The summed E-state index contributed by atoms with van der Waals surface area (Å²) < 4.78 is 12.1. The number of aryl methyl sites for hydroxylation is 1. The first-order chi connectivity index (χ1) is 22.4. The van der Waals surface area contributed by atoms with Gasteiger partial charge in [0.15, 0.2) is 17.5 Å². The van der Waals surface area contributed by atoms with Gasteiger partial charge in [-0.15, -0.1) is 0 Å². The molecule has 2 unspecified atom stereocenters. The Labute approximate surface area is 275 Å². The van der Waals surface area contributed by atoms with Gasteiger partial charge < -0.3 is 19.7 Å². The topological polar surface area (TPSA) is 97.6 Å². The lowest BCUT2D eigenvalue weighted by atomic mass is 10.0. The fraction of sp³-hybridized carbons (Fsp3) is 0.462. The van der Waals surface area contributed by atoms with Gasteiger partial charge in [-0.1, -0.05) is 97.4 Å². The van der Waals surface area contributed by atoms with Crippen LogP contribution in [0.1, 0.15) is 91.5 Å². The zero-order valence-corrected chi connectivity index (χ0v) is 28.3. The second kappa shape index (κ2) is 17.5. The number of ether oxygens (including phenoxy) is 2. The summed E-state index contributed by atoms with van der Waals surface area (Å²) in [4.78, 5) is 14.3. The highest BCUT2D eigenvalue weighted by molar-refractivity contribution is 5.72. The number of hydrogen-bond donors (Lipinski definition) is 2. The van der Waals surface area contributed by atoms with Crippen LogP contribution in [-0.2, 0) is 6.42 Å². The van der Waals surface area contributed by atoms with Gasteiger partial charge in [0.25, 0.3) is 0 Å². The molecule has 0 saturated heterocycles. The molecule has 0 radical (unpaired) electrons. The van der Waals surface area contributed by atoms with Crippen molar-refractivity contribution in [1.82, 2.24) is 15.0 Å². The molecule has 0 spiro atoms. The van der Waals surface area contributed by atoms with Crippen molar-refractivity contribution in [1.29, 1.82) is 0 Å². The van der Waals surface area contributed by atoms with Crippen molar-refractivity contribution in [2.45, 2.75) is 92.4 Å². The third-order valence-electron chi connectivity index (χ3n) is 8.73. The molecule has 0 aliphatic rings. The number of phenols is 2. The number of phenolic OH excluding ortho intramolecular Hbond substituents is 2. The molecule has 0 aliphatic carbocycles. The van der Waals surface area contributed by atoms with Gasteiger partial charge in [0.1, 0.15) is 23.0 Å². The lowest BCUT2D eigenvalue weighted by Gasteiger charge is -2.16. The molecule has 4 aromatic rings.